The molecule has 0 N–H and O–H groups in total. The number of aromatic nitrogens is 2. The van der Waals surface area contributed by atoms with Gasteiger partial charge in [0.05, 0.1) is 6.54 Å². The smallest absolute Gasteiger partial charge is 0.329 e. The lowest BCUT2D eigenvalue weighted by Gasteiger charge is -2.08. The van der Waals surface area contributed by atoms with Gasteiger partial charge in [-0.1, -0.05) is 29.4 Å². The third-order valence-corrected chi connectivity index (χ3v) is 2.77. The molecule has 1 heterocycles. The summed E-state index contributed by atoms with van der Waals surface area (Å²) in [4.78, 5) is 16.8. The van der Waals surface area contributed by atoms with Crippen LogP contribution in [0, 0.1) is 0 Å². The summed E-state index contributed by atoms with van der Waals surface area (Å²) in [6.07, 6.45) is -4.40. The summed E-state index contributed by atoms with van der Waals surface area (Å²) in [7, 11) is 3.60. The molecule has 22 heavy (non-hydrogen) atoms. The molecule has 0 bridgehead atoms. The van der Waals surface area contributed by atoms with E-state index in [-0.39, 0.29) is 18.0 Å². The van der Waals surface area contributed by atoms with Crippen molar-refractivity contribution in [1.29, 1.82) is 0 Å². The van der Waals surface area contributed by atoms with Gasteiger partial charge in [-0.3, -0.25) is 4.79 Å². The van der Waals surface area contributed by atoms with Crippen molar-refractivity contribution in [3.63, 3.8) is 0 Å². The zero-order valence-electron chi connectivity index (χ0n) is 12.0. The Hall–Kier alpha value is -2.22. The Kier molecular flexibility index (Phi) is 4.60. The number of ketones is 1. The maximum Gasteiger partial charge on any atom is 0.471 e. The first-order valence-corrected chi connectivity index (χ1v) is 6.42. The Balaban J connectivity index is 2.09. The number of hydrogen-bond acceptors (Lipinski definition) is 5. The van der Waals surface area contributed by atoms with E-state index < -0.39 is 12.1 Å². The number of carbonyl (C=O) groups is 1. The van der Waals surface area contributed by atoms with Crippen LogP contribution in [0.3, 0.4) is 0 Å². The summed E-state index contributed by atoms with van der Waals surface area (Å²) < 4.78 is 41.3. The van der Waals surface area contributed by atoms with Crippen LogP contribution < -0.4 is 0 Å². The van der Waals surface area contributed by atoms with Gasteiger partial charge in [0.15, 0.2) is 5.78 Å². The van der Waals surface area contributed by atoms with Crippen molar-refractivity contribution >= 4 is 5.78 Å². The van der Waals surface area contributed by atoms with E-state index in [1.165, 1.54) is 0 Å². The highest BCUT2D eigenvalue weighted by atomic mass is 19.4. The molecule has 0 fully saturated rings. The molecule has 0 spiro atoms. The van der Waals surface area contributed by atoms with Crippen molar-refractivity contribution in [1.82, 2.24) is 15.0 Å². The monoisotopic (exact) mass is 313 g/mol. The average molecular weight is 313 g/mol. The van der Waals surface area contributed by atoms with Crippen molar-refractivity contribution in [3.05, 3.63) is 35.7 Å². The van der Waals surface area contributed by atoms with Crippen LogP contribution in [-0.2, 0) is 17.4 Å². The van der Waals surface area contributed by atoms with Crippen molar-refractivity contribution in [2.45, 2.75) is 12.6 Å². The first kappa shape index (κ1) is 16.2. The van der Waals surface area contributed by atoms with Gasteiger partial charge in [0.2, 0.25) is 5.82 Å². The molecule has 0 atom stereocenters. The first-order chi connectivity index (χ1) is 10.3. The van der Waals surface area contributed by atoms with Gasteiger partial charge in [-0.2, -0.15) is 18.2 Å². The molecule has 2 aromatic rings. The molecule has 118 valence electrons. The summed E-state index contributed by atoms with van der Waals surface area (Å²) in [6, 6.07) is 6.44. The Morgan fingerprint density at radius 2 is 1.86 bits per heavy atom. The van der Waals surface area contributed by atoms with Gasteiger partial charge in [-0.05, 0) is 19.7 Å². The number of rotatable bonds is 5. The molecular formula is C14H14F3N3O2. The standard InChI is InChI=1S/C14H14F3N3O2/c1-20(2)8-11(21)7-9-3-5-10(6-4-9)12-18-13(22-19-12)14(15,16)17/h3-6H,7-8H2,1-2H3. The summed E-state index contributed by atoms with van der Waals surface area (Å²) in [5.41, 5.74) is 1.16. The van der Waals surface area contributed by atoms with Crippen molar-refractivity contribution in [2.24, 2.45) is 0 Å². The van der Waals surface area contributed by atoms with Crippen LogP contribution in [0.2, 0.25) is 0 Å². The molecule has 5 nitrogen and oxygen atoms in total. The highest BCUT2D eigenvalue weighted by Gasteiger charge is 2.38. The van der Waals surface area contributed by atoms with E-state index in [4.69, 9.17) is 0 Å². The zero-order valence-corrected chi connectivity index (χ0v) is 12.0. The van der Waals surface area contributed by atoms with Crippen LogP contribution in [0.15, 0.2) is 28.8 Å². The second-order valence-corrected chi connectivity index (χ2v) is 5.07. The number of carbonyl (C=O) groups excluding carboxylic acids is 1. The number of Topliss-reactive ketones (excluding diaryl/α,β-unsaturated/α-hetero) is 1. The third kappa shape index (κ3) is 4.14. The fraction of sp³-hybridized carbons (Fsp3) is 0.357. The molecule has 2 rings (SSSR count). The van der Waals surface area contributed by atoms with Crippen molar-refractivity contribution in [2.75, 3.05) is 20.6 Å². The van der Waals surface area contributed by atoms with Crippen molar-refractivity contribution < 1.29 is 22.5 Å². The maximum atomic E-state index is 12.4. The predicted octanol–water partition coefficient (Wildman–Crippen LogP) is 2.43. The molecule has 8 heteroatoms. The Bertz CT molecular complexity index is 648. The largest absolute Gasteiger partial charge is 0.471 e. The van der Waals surface area contributed by atoms with E-state index in [1.54, 1.807) is 43.3 Å². The molecular weight excluding hydrogens is 299 g/mol. The molecule has 1 aromatic carbocycles. The van der Waals surface area contributed by atoms with Crippen LogP contribution >= 0.6 is 0 Å². The third-order valence-electron chi connectivity index (χ3n) is 2.77. The summed E-state index contributed by atoms with van der Waals surface area (Å²) in [6.45, 7) is 0.335. The quantitative estimate of drug-likeness (QED) is 0.848. The first-order valence-electron chi connectivity index (χ1n) is 6.42. The van der Waals surface area contributed by atoms with Gasteiger partial charge in [-0.15, -0.1) is 0 Å². The van der Waals surface area contributed by atoms with E-state index in [2.05, 4.69) is 14.7 Å². The Labute approximate surface area is 124 Å². The molecule has 0 saturated heterocycles. The van der Waals surface area contributed by atoms with Crippen LogP contribution in [0.5, 0.6) is 0 Å². The molecule has 0 aliphatic carbocycles. The number of alkyl halides is 3. The van der Waals surface area contributed by atoms with Gasteiger partial charge in [0, 0.05) is 12.0 Å². The fourth-order valence-electron chi connectivity index (χ4n) is 1.86. The predicted molar refractivity (Wildman–Crippen MR) is 72.0 cm³/mol. The van der Waals surface area contributed by atoms with Crippen LogP contribution in [-0.4, -0.2) is 41.5 Å². The molecule has 0 aliphatic heterocycles. The van der Waals surface area contributed by atoms with E-state index in [0.29, 0.717) is 12.1 Å². The minimum atomic E-state index is -4.66. The topological polar surface area (TPSA) is 59.2 Å². The lowest BCUT2D eigenvalue weighted by Crippen LogP contribution is -2.22. The van der Waals surface area contributed by atoms with Gasteiger partial charge < -0.3 is 9.42 Å². The zero-order chi connectivity index (χ0) is 16.3. The lowest BCUT2D eigenvalue weighted by atomic mass is 10.1. The Morgan fingerprint density at radius 3 is 2.36 bits per heavy atom. The molecule has 0 amide bonds. The van der Waals surface area contributed by atoms with Crippen LogP contribution in [0.1, 0.15) is 11.5 Å². The number of hydrogen-bond donors (Lipinski definition) is 0. The fourth-order valence-corrected chi connectivity index (χ4v) is 1.86. The second kappa shape index (κ2) is 6.27. The number of likely N-dealkylation sites (N-methyl/N-ethyl adjacent to an activating group) is 1. The highest BCUT2D eigenvalue weighted by molar-refractivity contribution is 5.82. The van der Waals surface area contributed by atoms with Gasteiger partial charge in [0.25, 0.3) is 0 Å². The normalized spacial score (nSPS) is 11.9. The van der Waals surface area contributed by atoms with E-state index in [0.717, 1.165) is 5.56 Å². The lowest BCUT2D eigenvalue weighted by molar-refractivity contribution is -0.159. The summed E-state index contributed by atoms with van der Waals surface area (Å²) in [5, 5.41) is 3.30. The molecule has 0 radical (unpaired) electrons. The minimum absolute atomic E-state index is 0.0525. The van der Waals surface area contributed by atoms with Crippen LogP contribution in [0.25, 0.3) is 11.4 Å². The Morgan fingerprint density at radius 1 is 1.23 bits per heavy atom. The molecule has 0 unspecified atom stereocenters. The van der Waals surface area contributed by atoms with E-state index >= 15 is 0 Å². The number of benzene rings is 1. The SMILES string of the molecule is CN(C)CC(=O)Cc1ccc(-c2noc(C(F)(F)F)n2)cc1. The van der Waals surface area contributed by atoms with E-state index in [9.17, 15) is 18.0 Å². The summed E-state index contributed by atoms with van der Waals surface area (Å²) in [5.74, 6) is -1.47. The molecule has 1 aromatic heterocycles. The van der Waals surface area contributed by atoms with Crippen molar-refractivity contribution in [3.8, 4) is 11.4 Å². The second-order valence-electron chi connectivity index (χ2n) is 5.07. The highest BCUT2D eigenvalue weighted by Crippen LogP contribution is 2.29. The van der Waals surface area contributed by atoms with Gasteiger partial charge in [0.1, 0.15) is 0 Å². The van der Waals surface area contributed by atoms with Gasteiger partial charge in [-0.25, -0.2) is 0 Å². The summed E-state index contributed by atoms with van der Waals surface area (Å²) >= 11 is 0. The van der Waals surface area contributed by atoms with Crippen LogP contribution in [0.4, 0.5) is 13.2 Å². The number of halogens is 3. The van der Waals surface area contributed by atoms with Gasteiger partial charge >= 0.3 is 12.1 Å². The molecule has 0 aliphatic rings. The maximum absolute atomic E-state index is 12.4. The minimum Gasteiger partial charge on any atom is -0.329 e. The van der Waals surface area contributed by atoms with E-state index in [1.807, 2.05) is 0 Å². The number of nitrogens with zero attached hydrogens (tertiary/aromatic N) is 3. The molecule has 0 saturated carbocycles. The average Bonchev–Trinajstić information content (AvgIpc) is 2.88.